The van der Waals surface area contributed by atoms with E-state index in [0.717, 1.165) is 25.9 Å². The van der Waals surface area contributed by atoms with Gasteiger partial charge in [0.1, 0.15) is 0 Å². The molecule has 1 saturated carbocycles. The number of hydrogen-bond donors (Lipinski definition) is 1. The van der Waals surface area contributed by atoms with E-state index in [0.29, 0.717) is 25.2 Å². The zero-order chi connectivity index (χ0) is 17.7. The maximum absolute atomic E-state index is 12.4. The maximum atomic E-state index is 12.4. The normalized spacial score (nSPS) is 26.5. The molecule has 1 aliphatic carbocycles. The lowest BCUT2D eigenvalue weighted by atomic mass is 9.73. The third kappa shape index (κ3) is 3.09. The van der Waals surface area contributed by atoms with Crippen molar-refractivity contribution in [2.45, 2.75) is 18.1 Å². The molecule has 7 heteroatoms. The Labute approximate surface area is 149 Å². The zero-order valence-electron chi connectivity index (χ0n) is 14.5. The van der Waals surface area contributed by atoms with E-state index in [1.165, 1.54) is 0 Å². The first-order chi connectivity index (χ1) is 11.9. The van der Waals surface area contributed by atoms with Crippen molar-refractivity contribution in [1.82, 2.24) is 14.5 Å². The second kappa shape index (κ2) is 6.07. The molecule has 1 unspecified atom stereocenters. The number of carbonyl (C=O) groups is 1. The molecule has 1 aromatic rings. The van der Waals surface area contributed by atoms with Crippen LogP contribution in [0.15, 0.2) is 30.3 Å². The molecular weight excluding hydrogens is 338 g/mol. The van der Waals surface area contributed by atoms with Gasteiger partial charge in [0, 0.05) is 43.7 Å². The van der Waals surface area contributed by atoms with Crippen LogP contribution in [0.25, 0.3) is 0 Å². The molecule has 2 saturated heterocycles. The van der Waals surface area contributed by atoms with Gasteiger partial charge in [0.2, 0.25) is 10.0 Å². The fourth-order valence-electron chi connectivity index (χ4n) is 4.26. The van der Waals surface area contributed by atoms with E-state index in [9.17, 15) is 13.2 Å². The summed E-state index contributed by atoms with van der Waals surface area (Å²) in [7, 11) is -1.01. The Morgan fingerprint density at radius 1 is 1.20 bits per heavy atom. The highest BCUT2D eigenvalue weighted by atomic mass is 32.2. The molecule has 3 fully saturated rings. The maximum Gasteiger partial charge on any atom is 0.251 e. The van der Waals surface area contributed by atoms with Crippen LogP contribution in [0.3, 0.4) is 0 Å². The molecule has 136 valence electrons. The van der Waals surface area contributed by atoms with Crippen molar-refractivity contribution in [2.75, 3.05) is 39.8 Å². The molecule has 6 nitrogen and oxygen atoms in total. The fraction of sp³-hybridized carbons (Fsp3) is 0.611. The Balaban J connectivity index is 1.39. The van der Waals surface area contributed by atoms with E-state index in [-0.39, 0.29) is 22.5 Å². The van der Waals surface area contributed by atoms with Crippen molar-refractivity contribution < 1.29 is 13.2 Å². The van der Waals surface area contributed by atoms with Crippen molar-refractivity contribution in [3.63, 3.8) is 0 Å². The molecule has 1 amide bonds. The van der Waals surface area contributed by atoms with Crippen LogP contribution in [-0.4, -0.2) is 68.6 Å². The van der Waals surface area contributed by atoms with E-state index < -0.39 is 10.0 Å². The molecule has 1 N–H and O–H groups in total. The van der Waals surface area contributed by atoms with Gasteiger partial charge in [0.25, 0.3) is 5.91 Å². The Morgan fingerprint density at radius 3 is 2.52 bits per heavy atom. The van der Waals surface area contributed by atoms with E-state index in [1.807, 2.05) is 18.2 Å². The van der Waals surface area contributed by atoms with Gasteiger partial charge in [-0.3, -0.25) is 4.79 Å². The standard InChI is InChI=1S/C18H25N3O3S/c1-20-10-15(9-19-17(22)14-5-3-2-4-6-14)18(11-20)12-21(13-18)25(23,24)16-7-8-16/h2-6,15-16H,7-13H2,1H3,(H,19,22). The average molecular weight is 363 g/mol. The summed E-state index contributed by atoms with van der Waals surface area (Å²) in [6.07, 6.45) is 1.62. The quantitative estimate of drug-likeness (QED) is 0.839. The van der Waals surface area contributed by atoms with Crippen molar-refractivity contribution in [1.29, 1.82) is 0 Å². The summed E-state index contributed by atoms with van der Waals surface area (Å²) < 4.78 is 26.5. The monoisotopic (exact) mass is 363 g/mol. The molecular formula is C18H25N3O3S. The van der Waals surface area contributed by atoms with E-state index in [4.69, 9.17) is 0 Å². The minimum absolute atomic E-state index is 0.0132. The van der Waals surface area contributed by atoms with Crippen LogP contribution in [0.2, 0.25) is 0 Å². The van der Waals surface area contributed by atoms with Gasteiger partial charge < -0.3 is 10.2 Å². The lowest BCUT2D eigenvalue weighted by Gasteiger charge is -2.50. The van der Waals surface area contributed by atoms with Gasteiger partial charge in [-0.05, 0) is 37.9 Å². The summed E-state index contributed by atoms with van der Waals surface area (Å²) in [6.45, 7) is 3.58. The van der Waals surface area contributed by atoms with Crippen molar-refractivity contribution in [3.05, 3.63) is 35.9 Å². The lowest BCUT2D eigenvalue weighted by molar-refractivity contribution is 0.0398. The number of amides is 1. The van der Waals surface area contributed by atoms with Crippen LogP contribution in [0.4, 0.5) is 0 Å². The van der Waals surface area contributed by atoms with Gasteiger partial charge in [0.15, 0.2) is 0 Å². The largest absolute Gasteiger partial charge is 0.352 e. The summed E-state index contributed by atoms with van der Waals surface area (Å²) in [5.74, 6) is 0.225. The Bertz CT molecular complexity index is 755. The van der Waals surface area contributed by atoms with Gasteiger partial charge in [-0.15, -0.1) is 0 Å². The first kappa shape index (κ1) is 17.0. The van der Waals surface area contributed by atoms with Crippen LogP contribution in [0.1, 0.15) is 23.2 Å². The van der Waals surface area contributed by atoms with Crippen molar-refractivity contribution in [3.8, 4) is 0 Å². The van der Waals surface area contributed by atoms with E-state index in [1.54, 1.807) is 16.4 Å². The van der Waals surface area contributed by atoms with Gasteiger partial charge >= 0.3 is 0 Å². The number of sulfonamides is 1. The number of benzene rings is 1. The molecule has 0 aromatic heterocycles. The molecule has 25 heavy (non-hydrogen) atoms. The predicted octanol–water partition coefficient (Wildman–Crippen LogP) is 0.772. The molecule has 0 radical (unpaired) electrons. The van der Waals surface area contributed by atoms with E-state index in [2.05, 4.69) is 17.3 Å². The highest BCUT2D eigenvalue weighted by Crippen LogP contribution is 2.46. The van der Waals surface area contributed by atoms with Crippen molar-refractivity contribution >= 4 is 15.9 Å². The van der Waals surface area contributed by atoms with E-state index >= 15 is 0 Å². The van der Waals surface area contributed by atoms with Gasteiger partial charge in [-0.1, -0.05) is 18.2 Å². The third-order valence-electron chi connectivity index (χ3n) is 5.82. The number of likely N-dealkylation sites (tertiary alicyclic amines) is 1. The molecule has 1 atom stereocenters. The summed E-state index contributed by atoms with van der Waals surface area (Å²) in [6, 6.07) is 9.21. The van der Waals surface area contributed by atoms with Crippen LogP contribution in [0, 0.1) is 11.3 Å². The molecule has 3 aliphatic rings. The third-order valence-corrected chi connectivity index (χ3v) is 8.11. The summed E-state index contributed by atoms with van der Waals surface area (Å²) in [4.78, 5) is 14.5. The highest BCUT2D eigenvalue weighted by Gasteiger charge is 2.58. The highest BCUT2D eigenvalue weighted by molar-refractivity contribution is 7.90. The smallest absolute Gasteiger partial charge is 0.251 e. The number of hydrogen-bond acceptors (Lipinski definition) is 4. The Morgan fingerprint density at radius 2 is 1.88 bits per heavy atom. The van der Waals surface area contributed by atoms with Crippen LogP contribution >= 0.6 is 0 Å². The predicted molar refractivity (Wildman–Crippen MR) is 95.7 cm³/mol. The summed E-state index contributed by atoms with van der Waals surface area (Å²) in [5, 5.41) is 2.90. The van der Waals surface area contributed by atoms with Gasteiger partial charge in [-0.25, -0.2) is 12.7 Å². The Kier molecular flexibility index (Phi) is 4.13. The number of carbonyl (C=O) groups excluding carboxylic acids is 1. The first-order valence-electron chi connectivity index (χ1n) is 8.91. The minimum atomic E-state index is -3.08. The van der Waals surface area contributed by atoms with Crippen LogP contribution < -0.4 is 5.32 Å². The molecule has 2 heterocycles. The SMILES string of the molecule is CN1CC(CNC(=O)c2ccccc2)C2(C1)CN(S(=O)(=O)C1CC1)C2. The second-order valence-electron chi connectivity index (χ2n) is 7.84. The second-order valence-corrected chi connectivity index (χ2v) is 10.1. The van der Waals surface area contributed by atoms with Crippen LogP contribution in [-0.2, 0) is 10.0 Å². The molecule has 2 aliphatic heterocycles. The first-order valence-corrected chi connectivity index (χ1v) is 10.4. The topological polar surface area (TPSA) is 69.7 Å². The van der Waals surface area contributed by atoms with Gasteiger partial charge in [0.05, 0.1) is 5.25 Å². The fourth-order valence-corrected chi connectivity index (χ4v) is 6.29. The lowest BCUT2D eigenvalue weighted by Crippen LogP contribution is -2.63. The number of nitrogens with zero attached hydrogens (tertiary/aromatic N) is 2. The minimum Gasteiger partial charge on any atom is -0.352 e. The molecule has 1 aromatic carbocycles. The average Bonchev–Trinajstić information content (AvgIpc) is 3.36. The molecule has 0 bridgehead atoms. The number of nitrogens with one attached hydrogen (secondary N) is 1. The Hall–Kier alpha value is -1.44. The summed E-state index contributed by atoms with van der Waals surface area (Å²) in [5.41, 5.74) is 0.648. The van der Waals surface area contributed by atoms with Crippen molar-refractivity contribution in [2.24, 2.45) is 11.3 Å². The molecule has 1 spiro atoms. The summed E-state index contributed by atoms with van der Waals surface area (Å²) >= 11 is 0. The zero-order valence-corrected chi connectivity index (χ0v) is 15.3. The van der Waals surface area contributed by atoms with Gasteiger partial charge in [-0.2, -0.15) is 0 Å². The van der Waals surface area contributed by atoms with Crippen LogP contribution in [0.5, 0.6) is 0 Å². The molecule has 4 rings (SSSR count). The number of rotatable bonds is 5.